The molecule has 1 aliphatic rings. The quantitative estimate of drug-likeness (QED) is 0.635. The summed E-state index contributed by atoms with van der Waals surface area (Å²) >= 11 is 7.48. The summed E-state index contributed by atoms with van der Waals surface area (Å²) < 4.78 is 10.4. The third kappa shape index (κ3) is 4.90. The summed E-state index contributed by atoms with van der Waals surface area (Å²) in [5.41, 5.74) is 0.264. The third-order valence-electron chi connectivity index (χ3n) is 3.28. The summed E-state index contributed by atoms with van der Waals surface area (Å²) in [6, 6.07) is 5.11. The second kappa shape index (κ2) is 8.41. The molecule has 0 bridgehead atoms. The number of nitrogens with one attached hydrogen (secondary N) is 1. The lowest BCUT2D eigenvalue weighted by Crippen LogP contribution is -2.34. The molecule has 2 rings (SSSR count). The Bertz CT molecular complexity index is 546. The fourth-order valence-corrected chi connectivity index (χ4v) is 2.72. The normalized spacial score (nSPS) is 17.3. The first-order valence-corrected chi connectivity index (χ1v) is 8.59. The average Bonchev–Trinajstić information content (AvgIpc) is 3.04. The number of halogens is 1. The van der Waals surface area contributed by atoms with E-state index in [1.807, 2.05) is 12.3 Å². The van der Waals surface area contributed by atoms with Gasteiger partial charge in [-0.05, 0) is 37.3 Å². The van der Waals surface area contributed by atoms with Crippen molar-refractivity contribution in [1.82, 2.24) is 5.32 Å². The number of esters is 1. The van der Waals surface area contributed by atoms with Gasteiger partial charge in [0.25, 0.3) is 5.91 Å². The van der Waals surface area contributed by atoms with E-state index < -0.39 is 5.97 Å². The Kier molecular flexibility index (Phi) is 6.54. The monoisotopic (exact) mass is 343 g/mol. The number of hydrogen-bond acceptors (Lipinski definition) is 5. The van der Waals surface area contributed by atoms with Crippen LogP contribution in [0.5, 0.6) is 0 Å². The van der Waals surface area contributed by atoms with Crippen LogP contribution in [0.1, 0.15) is 23.2 Å². The van der Waals surface area contributed by atoms with Gasteiger partial charge in [0.1, 0.15) is 0 Å². The van der Waals surface area contributed by atoms with Gasteiger partial charge in [0.15, 0.2) is 6.61 Å². The van der Waals surface area contributed by atoms with E-state index in [2.05, 4.69) is 5.32 Å². The summed E-state index contributed by atoms with van der Waals surface area (Å²) in [7, 11) is 0. The number of thioether (sulfide) groups is 1. The fraction of sp³-hybridized carbons (Fsp3) is 0.467. The van der Waals surface area contributed by atoms with Gasteiger partial charge in [-0.3, -0.25) is 4.79 Å². The highest BCUT2D eigenvalue weighted by molar-refractivity contribution is 7.98. The largest absolute Gasteiger partial charge is 0.452 e. The lowest BCUT2D eigenvalue weighted by molar-refractivity contribution is -0.124. The van der Waals surface area contributed by atoms with Crippen LogP contribution in [-0.4, -0.2) is 44.0 Å². The molecule has 1 heterocycles. The van der Waals surface area contributed by atoms with E-state index in [4.69, 9.17) is 21.1 Å². The van der Waals surface area contributed by atoms with Crippen LogP contribution in [0.15, 0.2) is 23.1 Å². The van der Waals surface area contributed by atoms with Crippen molar-refractivity contribution < 1.29 is 19.1 Å². The maximum Gasteiger partial charge on any atom is 0.340 e. The van der Waals surface area contributed by atoms with Crippen molar-refractivity contribution in [2.24, 2.45) is 0 Å². The lowest BCUT2D eigenvalue weighted by atomic mass is 10.2. The zero-order valence-electron chi connectivity index (χ0n) is 12.3. The summed E-state index contributed by atoms with van der Waals surface area (Å²) in [5, 5.41) is 3.00. The number of amides is 1. The van der Waals surface area contributed by atoms with E-state index in [0.717, 1.165) is 24.3 Å². The number of benzene rings is 1. The number of hydrogen-bond donors (Lipinski definition) is 1. The number of ether oxygens (including phenoxy) is 2. The van der Waals surface area contributed by atoms with Gasteiger partial charge in [-0.1, -0.05) is 11.6 Å². The molecule has 0 spiro atoms. The van der Waals surface area contributed by atoms with Gasteiger partial charge in [-0.25, -0.2) is 4.79 Å². The predicted octanol–water partition coefficient (Wildman–Crippen LogP) is 2.51. The summed E-state index contributed by atoms with van der Waals surface area (Å²) in [5.74, 6) is -0.950. The van der Waals surface area contributed by atoms with Crippen molar-refractivity contribution in [3.8, 4) is 0 Å². The molecule has 1 fully saturated rings. The highest BCUT2D eigenvalue weighted by Crippen LogP contribution is 2.23. The van der Waals surface area contributed by atoms with Crippen LogP contribution < -0.4 is 5.32 Å². The van der Waals surface area contributed by atoms with Crippen LogP contribution in [0.4, 0.5) is 0 Å². The van der Waals surface area contributed by atoms with Crippen LogP contribution in [0, 0.1) is 0 Å². The highest BCUT2D eigenvalue weighted by atomic mass is 35.5. The van der Waals surface area contributed by atoms with Crippen LogP contribution in [0.2, 0.25) is 5.02 Å². The first-order valence-electron chi connectivity index (χ1n) is 6.99. The molecule has 7 heteroatoms. The van der Waals surface area contributed by atoms with Gasteiger partial charge in [-0.15, -0.1) is 11.8 Å². The number of carbonyl (C=O) groups excluding carboxylic acids is 2. The molecule has 0 radical (unpaired) electrons. The van der Waals surface area contributed by atoms with E-state index >= 15 is 0 Å². The summed E-state index contributed by atoms with van der Waals surface area (Å²) in [6.45, 7) is 0.851. The Morgan fingerprint density at radius 1 is 1.50 bits per heavy atom. The van der Waals surface area contributed by atoms with Crippen molar-refractivity contribution in [2.45, 2.75) is 23.8 Å². The van der Waals surface area contributed by atoms with Gasteiger partial charge in [0, 0.05) is 18.0 Å². The zero-order valence-corrected chi connectivity index (χ0v) is 13.8. The Hall–Kier alpha value is -1.24. The Morgan fingerprint density at radius 3 is 3.00 bits per heavy atom. The molecule has 1 saturated heterocycles. The van der Waals surface area contributed by atoms with Gasteiger partial charge >= 0.3 is 5.97 Å². The highest BCUT2D eigenvalue weighted by Gasteiger charge is 2.18. The molecule has 0 saturated carbocycles. The van der Waals surface area contributed by atoms with Crippen LogP contribution >= 0.6 is 23.4 Å². The molecule has 0 aromatic heterocycles. The average molecular weight is 344 g/mol. The smallest absolute Gasteiger partial charge is 0.340 e. The van der Waals surface area contributed by atoms with Crippen LogP contribution in [0.3, 0.4) is 0 Å². The molecule has 1 aromatic carbocycles. The second-order valence-corrected chi connectivity index (χ2v) is 6.15. The fourth-order valence-electron chi connectivity index (χ4n) is 2.08. The molecule has 1 aromatic rings. The van der Waals surface area contributed by atoms with Gasteiger partial charge < -0.3 is 14.8 Å². The van der Waals surface area contributed by atoms with E-state index in [-0.39, 0.29) is 24.2 Å². The van der Waals surface area contributed by atoms with Gasteiger partial charge in [-0.2, -0.15) is 0 Å². The summed E-state index contributed by atoms with van der Waals surface area (Å²) in [4.78, 5) is 24.5. The minimum absolute atomic E-state index is 0.0624. The SMILES string of the molecule is CSc1ccc(Cl)c(C(=O)OCC(=O)NC[C@H]2CCCO2)c1. The molecule has 1 aliphatic heterocycles. The van der Waals surface area contributed by atoms with Crippen molar-refractivity contribution in [3.63, 3.8) is 0 Å². The van der Waals surface area contributed by atoms with Crippen molar-refractivity contribution >= 4 is 35.2 Å². The molecule has 120 valence electrons. The minimum Gasteiger partial charge on any atom is -0.452 e. The Morgan fingerprint density at radius 2 is 2.32 bits per heavy atom. The molecule has 0 unspecified atom stereocenters. The Labute approximate surface area is 138 Å². The molecular weight excluding hydrogens is 326 g/mol. The molecule has 22 heavy (non-hydrogen) atoms. The van der Waals surface area contributed by atoms with Crippen LogP contribution in [0.25, 0.3) is 0 Å². The van der Waals surface area contributed by atoms with Crippen molar-refractivity contribution in [3.05, 3.63) is 28.8 Å². The second-order valence-electron chi connectivity index (χ2n) is 4.86. The lowest BCUT2D eigenvalue weighted by Gasteiger charge is -2.11. The topological polar surface area (TPSA) is 64.6 Å². The van der Waals surface area contributed by atoms with Crippen molar-refractivity contribution in [2.75, 3.05) is 26.0 Å². The molecule has 1 amide bonds. The van der Waals surface area contributed by atoms with E-state index in [0.29, 0.717) is 11.6 Å². The third-order valence-corrected chi connectivity index (χ3v) is 4.33. The zero-order chi connectivity index (χ0) is 15.9. The maximum absolute atomic E-state index is 12.0. The first kappa shape index (κ1) is 17.1. The number of rotatable bonds is 6. The standard InChI is InChI=1S/C15H18ClNO4S/c1-22-11-4-5-13(16)12(7-11)15(19)21-9-14(18)17-8-10-3-2-6-20-10/h4-5,7,10H,2-3,6,8-9H2,1H3,(H,17,18)/t10-/m1/s1. The number of carbonyl (C=O) groups is 2. The minimum atomic E-state index is -0.604. The molecule has 5 nitrogen and oxygen atoms in total. The van der Waals surface area contributed by atoms with E-state index in [1.54, 1.807) is 12.1 Å². The van der Waals surface area contributed by atoms with Crippen molar-refractivity contribution in [1.29, 1.82) is 0 Å². The molecule has 1 atom stereocenters. The van der Waals surface area contributed by atoms with Gasteiger partial charge in [0.2, 0.25) is 0 Å². The maximum atomic E-state index is 12.0. The first-order chi connectivity index (χ1) is 10.6. The van der Waals surface area contributed by atoms with Gasteiger partial charge in [0.05, 0.1) is 16.7 Å². The molecule has 1 N–H and O–H groups in total. The molecule has 0 aliphatic carbocycles. The van der Waals surface area contributed by atoms with Crippen LogP contribution in [-0.2, 0) is 14.3 Å². The summed E-state index contributed by atoms with van der Waals surface area (Å²) in [6.07, 6.45) is 3.92. The molecular formula is C15H18ClNO4S. The Balaban J connectivity index is 1.80. The van der Waals surface area contributed by atoms with E-state index in [1.165, 1.54) is 11.8 Å². The predicted molar refractivity (Wildman–Crippen MR) is 85.5 cm³/mol. The van der Waals surface area contributed by atoms with E-state index in [9.17, 15) is 9.59 Å².